The second kappa shape index (κ2) is 11.2. The summed E-state index contributed by atoms with van der Waals surface area (Å²) >= 11 is 0. The maximum absolute atomic E-state index is 13.2. The second-order valence-electron chi connectivity index (χ2n) is 8.07. The summed E-state index contributed by atoms with van der Waals surface area (Å²) in [5, 5.41) is 5.32. The minimum absolute atomic E-state index is 0.268. The molecule has 2 N–H and O–H groups in total. The van der Waals surface area contributed by atoms with Crippen LogP contribution in [-0.2, 0) is 14.3 Å². The van der Waals surface area contributed by atoms with Gasteiger partial charge in [0.1, 0.15) is 23.9 Å². The molecule has 3 amide bonds. The third kappa shape index (κ3) is 7.30. The Morgan fingerprint density at radius 1 is 1.00 bits per heavy atom. The number of carbonyl (C=O) groups excluding carboxylic acids is 3. The van der Waals surface area contributed by atoms with E-state index in [9.17, 15) is 14.4 Å². The number of benzene rings is 2. The fourth-order valence-electron chi connectivity index (χ4n) is 3.06. The molecular formula is C24H31N3O5. The van der Waals surface area contributed by atoms with Crippen LogP contribution in [0.5, 0.6) is 5.75 Å². The van der Waals surface area contributed by atoms with Gasteiger partial charge in [-0.25, -0.2) is 4.79 Å². The lowest BCUT2D eigenvalue weighted by Gasteiger charge is -2.30. The molecule has 1 atom stereocenters. The Hall–Kier alpha value is -3.55. The van der Waals surface area contributed by atoms with Crippen molar-refractivity contribution in [3.8, 4) is 5.75 Å². The normalized spacial score (nSPS) is 11.8. The summed E-state index contributed by atoms with van der Waals surface area (Å²) in [7, 11) is 1.56. The molecule has 0 aromatic heterocycles. The van der Waals surface area contributed by atoms with Crippen LogP contribution < -0.4 is 15.4 Å². The molecule has 0 aliphatic heterocycles. The number of likely N-dealkylation sites (N-methyl/N-ethyl adjacent to an activating group) is 1. The number of hydrogen-bond acceptors (Lipinski definition) is 5. The molecule has 8 heteroatoms. The van der Waals surface area contributed by atoms with Gasteiger partial charge in [-0.2, -0.15) is 0 Å². The van der Waals surface area contributed by atoms with Gasteiger partial charge in [0, 0.05) is 12.2 Å². The van der Waals surface area contributed by atoms with Gasteiger partial charge in [0.05, 0.1) is 7.11 Å². The Kier molecular flexibility index (Phi) is 8.63. The minimum Gasteiger partial charge on any atom is -0.497 e. The molecule has 0 fully saturated rings. The van der Waals surface area contributed by atoms with Crippen molar-refractivity contribution in [3.63, 3.8) is 0 Å². The minimum atomic E-state index is -0.878. The van der Waals surface area contributed by atoms with Gasteiger partial charge in [-0.15, -0.1) is 0 Å². The second-order valence-corrected chi connectivity index (χ2v) is 8.07. The number of nitrogens with one attached hydrogen (secondary N) is 2. The predicted molar refractivity (Wildman–Crippen MR) is 122 cm³/mol. The number of ether oxygens (including phenoxy) is 2. The molecule has 0 radical (unpaired) electrons. The molecule has 0 bridgehead atoms. The summed E-state index contributed by atoms with van der Waals surface area (Å²) in [4.78, 5) is 39.6. The molecule has 0 saturated carbocycles. The zero-order valence-corrected chi connectivity index (χ0v) is 19.2. The first-order valence-corrected chi connectivity index (χ1v) is 10.4. The van der Waals surface area contributed by atoms with Crippen LogP contribution >= 0.6 is 0 Å². The maximum Gasteiger partial charge on any atom is 0.408 e. The molecule has 8 nitrogen and oxygen atoms in total. The summed E-state index contributed by atoms with van der Waals surface area (Å²) in [6.07, 6.45) is -0.694. The highest BCUT2D eigenvalue weighted by atomic mass is 16.6. The van der Waals surface area contributed by atoms with Crippen LogP contribution in [0, 0.1) is 0 Å². The fraction of sp³-hybridized carbons (Fsp3) is 0.375. The predicted octanol–water partition coefficient (Wildman–Crippen LogP) is 3.75. The summed E-state index contributed by atoms with van der Waals surface area (Å²) in [6.45, 7) is 6.97. The number of amides is 3. The smallest absolute Gasteiger partial charge is 0.408 e. The molecule has 2 aromatic carbocycles. The molecule has 0 aliphatic carbocycles. The highest BCUT2D eigenvalue weighted by Gasteiger charge is 2.31. The summed E-state index contributed by atoms with van der Waals surface area (Å²) < 4.78 is 10.3. The first-order valence-electron chi connectivity index (χ1n) is 10.4. The monoisotopic (exact) mass is 441 g/mol. The van der Waals surface area contributed by atoms with Crippen LogP contribution in [0.25, 0.3) is 0 Å². The highest BCUT2D eigenvalue weighted by molar-refractivity contribution is 5.98. The molecule has 2 aromatic rings. The van der Waals surface area contributed by atoms with Gasteiger partial charge in [0.2, 0.25) is 5.91 Å². The van der Waals surface area contributed by atoms with E-state index in [1.807, 2.05) is 6.07 Å². The van der Waals surface area contributed by atoms with Gasteiger partial charge < -0.3 is 25.0 Å². The quantitative estimate of drug-likeness (QED) is 0.650. The van der Waals surface area contributed by atoms with E-state index in [-0.39, 0.29) is 19.0 Å². The molecule has 0 heterocycles. The number of nitrogens with zero attached hydrogens (tertiary/aromatic N) is 1. The SMILES string of the molecule is CCN(C(=O)CNC(=O)OC(C)(C)C)C(C(=O)Nc1ccc(OC)cc1)c1ccccc1. The molecular weight excluding hydrogens is 410 g/mol. The van der Waals surface area contributed by atoms with E-state index in [4.69, 9.17) is 9.47 Å². The standard InChI is InChI=1S/C24H31N3O5/c1-6-27(20(28)16-25-23(30)32-24(2,3)4)21(17-10-8-7-9-11-17)22(29)26-18-12-14-19(31-5)15-13-18/h7-15,21H,6,16H2,1-5H3,(H,25,30)(H,26,29). The Morgan fingerprint density at radius 2 is 1.62 bits per heavy atom. The van der Waals surface area contributed by atoms with Crippen molar-refractivity contribution < 1.29 is 23.9 Å². The summed E-state index contributed by atoms with van der Waals surface area (Å²) in [5.74, 6) is -0.105. The van der Waals surface area contributed by atoms with E-state index in [0.717, 1.165) is 0 Å². The van der Waals surface area contributed by atoms with E-state index in [0.29, 0.717) is 17.0 Å². The molecule has 172 valence electrons. The summed E-state index contributed by atoms with van der Waals surface area (Å²) in [6, 6.07) is 15.1. The number of rotatable bonds is 8. The molecule has 2 rings (SSSR count). The van der Waals surface area contributed by atoms with Gasteiger partial charge in [-0.1, -0.05) is 30.3 Å². The number of methoxy groups -OCH3 is 1. The van der Waals surface area contributed by atoms with E-state index >= 15 is 0 Å². The molecule has 0 spiro atoms. The third-order valence-electron chi connectivity index (χ3n) is 4.48. The number of carbonyl (C=O) groups is 3. The lowest BCUT2D eigenvalue weighted by Crippen LogP contribution is -2.46. The van der Waals surface area contributed by atoms with E-state index in [1.165, 1.54) is 4.90 Å². The third-order valence-corrected chi connectivity index (χ3v) is 4.48. The first kappa shape index (κ1) is 24.7. The van der Waals surface area contributed by atoms with Crippen molar-refractivity contribution in [2.45, 2.75) is 39.3 Å². The van der Waals surface area contributed by atoms with Crippen LogP contribution in [0.1, 0.15) is 39.3 Å². The van der Waals surface area contributed by atoms with Crippen molar-refractivity contribution in [3.05, 3.63) is 60.2 Å². The van der Waals surface area contributed by atoms with Crippen molar-refractivity contribution in [2.75, 3.05) is 25.5 Å². The van der Waals surface area contributed by atoms with Gasteiger partial charge in [0.25, 0.3) is 5.91 Å². The van der Waals surface area contributed by atoms with Crippen LogP contribution in [-0.4, -0.2) is 48.6 Å². The van der Waals surface area contributed by atoms with Gasteiger partial charge >= 0.3 is 6.09 Å². The number of hydrogen-bond donors (Lipinski definition) is 2. The van der Waals surface area contributed by atoms with Gasteiger partial charge in [-0.05, 0) is 57.5 Å². The van der Waals surface area contributed by atoms with Gasteiger partial charge in [-0.3, -0.25) is 9.59 Å². The van der Waals surface area contributed by atoms with Crippen LogP contribution in [0.15, 0.2) is 54.6 Å². The van der Waals surface area contributed by atoms with Crippen molar-refractivity contribution >= 4 is 23.6 Å². The topological polar surface area (TPSA) is 97.0 Å². The van der Waals surface area contributed by atoms with Crippen molar-refractivity contribution in [1.29, 1.82) is 0 Å². The van der Waals surface area contributed by atoms with Crippen LogP contribution in [0.2, 0.25) is 0 Å². The lowest BCUT2D eigenvalue weighted by molar-refractivity contribution is -0.138. The van der Waals surface area contributed by atoms with E-state index in [2.05, 4.69) is 10.6 Å². The Morgan fingerprint density at radius 3 is 2.16 bits per heavy atom. The molecule has 0 aliphatic rings. The van der Waals surface area contributed by atoms with Gasteiger partial charge in [0.15, 0.2) is 0 Å². The van der Waals surface area contributed by atoms with E-state index < -0.39 is 23.6 Å². The number of alkyl carbamates (subject to hydrolysis) is 1. The average molecular weight is 442 g/mol. The Labute approximate surface area is 188 Å². The van der Waals surface area contributed by atoms with E-state index in [1.54, 1.807) is 83.3 Å². The first-order chi connectivity index (χ1) is 15.1. The maximum atomic E-state index is 13.2. The molecule has 0 saturated heterocycles. The average Bonchev–Trinajstić information content (AvgIpc) is 2.75. The highest BCUT2D eigenvalue weighted by Crippen LogP contribution is 2.24. The Bertz CT molecular complexity index is 907. The van der Waals surface area contributed by atoms with Crippen molar-refractivity contribution in [1.82, 2.24) is 10.2 Å². The summed E-state index contributed by atoms with van der Waals surface area (Å²) in [5.41, 5.74) is 0.556. The number of anilines is 1. The zero-order valence-electron chi connectivity index (χ0n) is 19.2. The lowest BCUT2D eigenvalue weighted by atomic mass is 10.0. The van der Waals surface area contributed by atoms with Crippen molar-refractivity contribution in [2.24, 2.45) is 0 Å². The zero-order chi connectivity index (χ0) is 23.7. The van der Waals surface area contributed by atoms with Crippen LogP contribution in [0.3, 0.4) is 0 Å². The largest absolute Gasteiger partial charge is 0.497 e. The molecule has 32 heavy (non-hydrogen) atoms. The Balaban J connectivity index is 2.20. The van der Waals surface area contributed by atoms with Crippen LogP contribution in [0.4, 0.5) is 10.5 Å². The molecule has 1 unspecified atom stereocenters. The fourth-order valence-corrected chi connectivity index (χ4v) is 3.06.